The standard InChI is InChI=1S/C28H34N2O2.2ClH/c1-2-23-13-15-27(16-14-23)32-22-26(31)21-29-17-19-30(20-18-29)28(24-9-5-3-6-10-24)25-11-7-4-8-12-25;;/h3-16,26,28,31H,2,17-22H2,1H3;2*1H. The molecule has 0 aromatic heterocycles. The summed E-state index contributed by atoms with van der Waals surface area (Å²) < 4.78 is 5.80. The highest BCUT2D eigenvalue weighted by molar-refractivity contribution is 5.85. The molecule has 4 nitrogen and oxygen atoms in total. The lowest BCUT2D eigenvalue weighted by atomic mass is 9.96. The van der Waals surface area contributed by atoms with E-state index in [4.69, 9.17) is 4.74 Å². The summed E-state index contributed by atoms with van der Waals surface area (Å²) in [5.74, 6) is 0.819. The van der Waals surface area contributed by atoms with E-state index in [0.29, 0.717) is 13.2 Å². The van der Waals surface area contributed by atoms with Gasteiger partial charge in [0.25, 0.3) is 0 Å². The molecule has 0 bridgehead atoms. The maximum atomic E-state index is 10.5. The van der Waals surface area contributed by atoms with Crippen molar-refractivity contribution in [3.8, 4) is 5.75 Å². The van der Waals surface area contributed by atoms with Crippen molar-refractivity contribution >= 4 is 24.8 Å². The first-order valence-corrected chi connectivity index (χ1v) is 11.7. The van der Waals surface area contributed by atoms with Crippen molar-refractivity contribution in [2.24, 2.45) is 0 Å². The summed E-state index contributed by atoms with van der Waals surface area (Å²) in [6.45, 7) is 6.93. The summed E-state index contributed by atoms with van der Waals surface area (Å²) >= 11 is 0. The van der Waals surface area contributed by atoms with Crippen LogP contribution in [0.3, 0.4) is 0 Å². The molecule has 0 radical (unpaired) electrons. The molecule has 1 unspecified atom stereocenters. The van der Waals surface area contributed by atoms with Crippen LogP contribution in [0.25, 0.3) is 0 Å². The average Bonchev–Trinajstić information content (AvgIpc) is 2.86. The molecule has 3 aromatic rings. The number of hydrogen-bond acceptors (Lipinski definition) is 4. The minimum atomic E-state index is -0.494. The van der Waals surface area contributed by atoms with E-state index >= 15 is 0 Å². The van der Waals surface area contributed by atoms with Crippen LogP contribution in [0.4, 0.5) is 0 Å². The van der Waals surface area contributed by atoms with Crippen LogP contribution in [-0.2, 0) is 6.42 Å². The fraction of sp³-hybridized carbons (Fsp3) is 0.357. The molecule has 34 heavy (non-hydrogen) atoms. The van der Waals surface area contributed by atoms with Crippen LogP contribution in [0.5, 0.6) is 5.75 Å². The van der Waals surface area contributed by atoms with Gasteiger partial charge in [-0.15, -0.1) is 24.8 Å². The molecule has 1 fully saturated rings. The van der Waals surface area contributed by atoms with Gasteiger partial charge in [-0.3, -0.25) is 9.80 Å². The van der Waals surface area contributed by atoms with Crippen LogP contribution < -0.4 is 4.74 Å². The van der Waals surface area contributed by atoms with Gasteiger partial charge in [0, 0.05) is 32.7 Å². The third-order valence-electron chi connectivity index (χ3n) is 6.25. The number of β-amino-alcohol motifs (C(OH)–C–C–N with tert-alkyl or cyclic N) is 1. The first-order valence-electron chi connectivity index (χ1n) is 11.7. The van der Waals surface area contributed by atoms with E-state index in [-0.39, 0.29) is 30.9 Å². The summed E-state index contributed by atoms with van der Waals surface area (Å²) in [6, 6.07) is 29.9. The number of benzene rings is 3. The van der Waals surface area contributed by atoms with Gasteiger partial charge >= 0.3 is 0 Å². The second-order valence-corrected chi connectivity index (χ2v) is 8.52. The first kappa shape index (κ1) is 28.2. The highest BCUT2D eigenvalue weighted by Gasteiger charge is 2.27. The first-order chi connectivity index (χ1) is 15.7. The van der Waals surface area contributed by atoms with Gasteiger partial charge in [-0.2, -0.15) is 0 Å². The fourth-order valence-electron chi connectivity index (χ4n) is 4.45. The minimum Gasteiger partial charge on any atom is -0.491 e. The molecular formula is C28H36Cl2N2O2. The Hall–Kier alpha value is -2.08. The molecule has 0 aliphatic carbocycles. The van der Waals surface area contributed by atoms with E-state index in [1.54, 1.807) is 0 Å². The highest BCUT2D eigenvalue weighted by atomic mass is 35.5. The average molecular weight is 504 g/mol. The minimum absolute atomic E-state index is 0. The van der Waals surface area contributed by atoms with Gasteiger partial charge < -0.3 is 9.84 Å². The molecule has 1 N–H and O–H groups in total. The van der Waals surface area contributed by atoms with E-state index in [9.17, 15) is 5.11 Å². The molecule has 0 amide bonds. The number of hydrogen-bond donors (Lipinski definition) is 1. The summed E-state index contributed by atoms with van der Waals surface area (Å²) in [5.41, 5.74) is 3.95. The largest absolute Gasteiger partial charge is 0.491 e. The van der Waals surface area contributed by atoms with Crippen molar-refractivity contribution < 1.29 is 9.84 Å². The van der Waals surface area contributed by atoms with Crippen molar-refractivity contribution in [3.63, 3.8) is 0 Å². The van der Waals surface area contributed by atoms with Crippen molar-refractivity contribution in [2.75, 3.05) is 39.3 Å². The number of nitrogens with zero attached hydrogens (tertiary/aromatic N) is 2. The Labute approximate surface area is 216 Å². The Balaban J connectivity index is 0.00000204. The van der Waals surface area contributed by atoms with Crippen LogP contribution >= 0.6 is 24.8 Å². The molecule has 3 aromatic carbocycles. The molecule has 4 rings (SSSR count). The molecule has 1 atom stereocenters. The van der Waals surface area contributed by atoms with Crippen LogP contribution in [0.2, 0.25) is 0 Å². The Morgan fingerprint density at radius 3 is 1.79 bits per heavy atom. The molecule has 6 heteroatoms. The molecule has 1 saturated heterocycles. The lowest BCUT2D eigenvalue weighted by Gasteiger charge is -2.40. The Morgan fingerprint density at radius 1 is 0.765 bits per heavy atom. The monoisotopic (exact) mass is 502 g/mol. The molecule has 1 aliphatic heterocycles. The normalized spacial score (nSPS) is 15.3. The molecule has 0 spiro atoms. The molecular weight excluding hydrogens is 467 g/mol. The fourth-order valence-corrected chi connectivity index (χ4v) is 4.45. The third kappa shape index (κ3) is 7.72. The molecule has 1 heterocycles. The van der Waals surface area contributed by atoms with Gasteiger partial charge in [0.15, 0.2) is 0 Å². The Morgan fingerprint density at radius 2 is 1.29 bits per heavy atom. The summed E-state index contributed by atoms with van der Waals surface area (Å²) in [6.07, 6.45) is 0.524. The van der Waals surface area contributed by atoms with E-state index in [0.717, 1.165) is 38.3 Å². The highest BCUT2D eigenvalue weighted by Crippen LogP contribution is 2.29. The summed E-state index contributed by atoms with van der Waals surface area (Å²) in [4.78, 5) is 4.90. The Kier molecular flexibility index (Phi) is 11.9. The van der Waals surface area contributed by atoms with Crippen LogP contribution in [0, 0.1) is 0 Å². The van der Waals surface area contributed by atoms with E-state index in [1.165, 1.54) is 16.7 Å². The topological polar surface area (TPSA) is 35.9 Å². The second kappa shape index (κ2) is 14.3. The Bertz CT molecular complexity index is 894. The van der Waals surface area contributed by atoms with Crippen LogP contribution in [0.1, 0.15) is 29.7 Å². The van der Waals surface area contributed by atoms with E-state index in [1.807, 2.05) is 12.1 Å². The number of aryl methyl sites for hydroxylation is 1. The van der Waals surface area contributed by atoms with Gasteiger partial charge in [0.1, 0.15) is 18.5 Å². The zero-order valence-electron chi connectivity index (χ0n) is 19.8. The molecule has 184 valence electrons. The zero-order chi connectivity index (χ0) is 22.2. The number of rotatable bonds is 9. The number of halogens is 2. The SMILES string of the molecule is CCc1ccc(OCC(O)CN2CCN(C(c3ccccc3)c3ccccc3)CC2)cc1.Cl.Cl. The summed E-state index contributed by atoms with van der Waals surface area (Å²) in [7, 11) is 0. The van der Waals surface area contributed by atoms with Gasteiger partial charge in [-0.05, 0) is 35.2 Å². The van der Waals surface area contributed by atoms with Gasteiger partial charge in [0.05, 0.1) is 6.04 Å². The number of aliphatic hydroxyl groups is 1. The quantitative estimate of drug-likeness (QED) is 0.433. The van der Waals surface area contributed by atoms with Gasteiger partial charge in [-0.25, -0.2) is 0 Å². The van der Waals surface area contributed by atoms with Crippen molar-refractivity contribution in [2.45, 2.75) is 25.5 Å². The number of aliphatic hydroxyl groups excluding tert-OH is 1. The van der Waals surface area contributed by atoms with E-state index < -0.39 is 6.10 Å². The smallest absolute Gasteiger partial charge is 0.119 e. The second-order valence-electron chi connectivity index (χ2n) is 8.52. The summed E-state index contributed by atoms with van der Waals surface area (Å²) in [5, 5.41) is 10.5. The molecule has 1 aliphatic rings. The van der Waals surface area contributed by atoms with Crippen molar-refractivity contribution in [3.05, 3.63) is 102 Å². The van der Waals surface area contributed by atoms with Crippen molar-refractivity contribution in [1.82, 2.24) is 9.80 Å². The van der Waals surface area contributed by atoms with Crippen molar-refractivity contribution in [1.29, 1.82) is 0 Å². The number of piperazine rings is 1. The molecule has 0 saturated carbocycles. The third-order valence-corrected chi connectivity index (χ3v) is 6.25. The predicted molar refractivity (Wildman–Crippen MR) is 145 cm³/mol. The lowest BCUT2D eigenvalue weighted by Crippen LogP contribution is -2.50. The lowest BCUT2D eigenvalue weighted by molar-refractivity contribution is 0.0401. The van der Waals surface area contributed by atoms with E-state index in [2.05, 4.69) is 89.5 Å². The maximum absolute atomic E-state index is 10.5. The van der Waals surface area contributed by atoms with Gasteiger partial charge in [-0.1, -0.05) is 79.7 Å². The van der Waals surface area contributed by atoms with Crippen LogP contribution in [-0.4, -0.2) is 60.3 Å². The predicted octanol–water partition coefficient (Wildman–Crippen LogP) is 5.24. The number of ether oxygens (including phenoxy) is 1. The zero-order valence-corrected chi connectivity index (χ0v) is 21.4. The maximum Gasteiger partial charge on any atom is 0.119 e. The van der Waals surface area contributed by atoms with Crippen LogP contribution in [0.15, 0.2) is 84.9 Å². The van der Waals surface area contributed by atoms with Gasteiger partial charge in [0.2, 0.25) is 0 Å².